The molecular formula is C33H41N7O2. The first-order valence-electron chi connectivity index (χ1n) is 14.5. The van der Waals surface area contributed by atoms with Crippen LogP contribution in [0.4, 0.5) is 11.5 Å². The predicted molar refractivity (Wildman–Crippen MR) is 170 cm³/mol. The predicted octanol–water partition coefficient (Wildman–Crippen LogP) is 5.02. The monoisotopic (exact) mass is 567 g/mol. The van der Waals surface area contributed by atoms with Crippen molar-refractivity contribution in [1.29, 1.82) is 5.41 Å². The summed E-state index contributed by atoms with van der Waals surface area (Å²) in [5, 5.41) is 17.0. The number of hydrogen-bond acceptors (Lipinski definition) is 7. The number of carbonyl (C=O) groups is 2. The number of hydrogen-bond donors (Lipinski definition) is 5. The van der Waals surface area contributed by atoms with Crippen molar-refractivity contribution in [2.75, 3.05) is 36.8 Å². The Labute approximate surface area is 248 Å². The molecule has 1 aliphatic heterocycles. The van der Waals surface area contributed by atoms with Crippen molar-refractivity contribution in [1.82, 2.24) is 15.2 Å². The summed E-state index contributed by atoms with van der Waals surface area (Å²) in [6.45, 7) is 8.49. The fourth-order valence-corrected chi connectivity index (χ4v) is 5.01. The van der Waals surface area contributed by atoms with E-state index in [1.54, 1.807) is 24.4 Å². The molecule has 42 heavy (non-hydrogen) atoms. The second-order valence-electron chi connectivity index (χ2n) is 10.9. The molecule has 0 aliphatic carbocycles. The Morgan fingerprint density at radius 1 is 1.05 bits per heavy atom. The highest BCUT2D eigenvalue weighted by Crippen LogP contribution is 2.30. The van der Waals surface area contributed by atoms with Crippen LogP contribution in [-0.2, 0) is 0 Å². The third kappa shape index (κ3) is 7.82. The highest BCUT2D eigenvalue weighted by molar-refractivity contribution is 6.08. The minimum absolute atomic E-state index is 0.0317. The molecule has 1 fully saturated rings. The van der Waals surface area contributed by atoms with Gasteiger partial charge in [-0.25, -0.2) is 4.98 Å². The number of aromatic nitrogens is 1. The molecule has 6 N–H and O–H groups in total. The summed E-state index contributed by atoms with van der Waals surface area (Å²) in [4.78, 5) is 32.5. The molecule has 9 heteroatoms. The molecule has 2 heterocycles. The Kier molecular flexibility index (Phi) is 10.4. The summed E-state index contributed by atoms with van der Waals surface area (Å²) in [5.41, 5.74) is 11.1. The first kappa shape index (κ1) is 30.5. The number of pyridine rings is 1. The van der Waals surface area contributed by atoms with Crippen LogP contribution in [0.15, 0.2) is 67.0 Å². The maximum absolute atomic E-state index is 13.4. The normalized spacial score (nSPS) is 14.0. The highest BCUT2D eigenvalue weighted by Gasteiger charge is 2.25. The number of carbonyl (C=O) groups excluding carboxylic acids is 2. The van der Waals surface area contributed by atoms with Crippen molar-refractivity contribution < 1.29 is 9.59 Å². The van der Waals surface area contributed by atoms with Crippen molar-refractivity contribution in [3.63, 3.8) is 0 Å². The van der Waals surface area contributed by atoms with E-state index in [9.17, 15) is 9.59 Å². The molecule has 1 saturated heterocycles. The Hall–Kier alpha value is -4.50. The number of nitrogens with two attached hydrogens (primary N) is 1. The topological polar surface area (TPSA) is 136 Å². The number of allylic oxidation sites excluding steroid dienone is 1. The average Bonchev–Trinajstić information content (AvgIpc) is 3.00. The molecule has 2 aromatic carbocycles. The van der Waals surface area contributed by atoms with Gasteiger partial charge in [0.05, 0.1) is 5.56 Å². The van der Waals surface area contributed by atoms with E-state index in [2.05, 4.69) is 33.1 Å². The molecule has 0 saturated carbocycles. The van der Waals surface area contributed by atoms with Gasteiger partial charge in [-0.05, 0) is 80.5 Å². The molecule has 220 valence electrons. The Bertz CT molecular complexity index is 1410. The maximum atomic E-state index is 13.4. The van der Waals surface area contributed by atoms with E-state index in [-0.39, 0.29) is 17.9 Å². The van der Waals surface area contributed by atoms with Gasteiger partial charge in [0, 0.05) is 67.7 Å². The number of nitrogens with zero attached hydrogens (tertiary/aromatic N) is 2. The van der Waals surface area contributed by atoms with Crippen LogP contribution in [0.25, 0.3) is 5.57 Å². The Balaban J connectivity index is 1.36. The van der Waals surface area contributed by atoms with Crippen LogP contribution >= 0.6 is 0 Å². The molecule has 3 aromatic rings. The second-order valence-corrected chi connectivity index (χ2v) is 10.9. The largest absolute Gasteiger partial charge is 0.389 e. The number of nitrogens with one attached hydrogen (secondary N) is 4. The molecule has 1 aliphatic rings. The molecule has 0 unspecified atom stereocenters. The van der Waals surface area contributed by atoms with Gasteiger partial charge >= 0.3 is 0 Å². The summed E-state index contributed by atoms with van der Waals surface area (Å²) >= 11 is 0. The lowest BCUT2D eigenvalue weighted by Crippen LogP contribution is -2.38. The lowest BCUT2D eigenvalue weighted by molar-refractivity contribution is 0.0712. The van der Waals surface area contributed by atoms with E-state index in [1.807, 2.05) is 56.1 Å². The van der Waals surface area contributed by atoms with E-state index < -0.39 is 0 Å². The number of benzene rings is 2. The fraction of sp³-hybridized carbons (Fsp3) is 0.333. The minimum Gasteiger partial charge on any atom is -0.389 e. The summed E-state index contributed by atoms with van der Waals surface area (Å²) in [7, 11) is 0. The lowest BCUT2D eigenvalue weighted by Gasteiger charge is -2.32. The van der Waals surface area contributed by atoms with Crippen molar-refractivity contribution >= 4 is 35.1 Å². The van der Waals surface area contributed by atoms with E-state index in [0.29, 0.717) is 54.7 Å². The fourth-order valence-electron chi connectivity index (χ4n) is 5.01. The number of aryl methyl sites for hydroxylation is 1. The van der Waals surface area contributed by atoms with Gasteiger partial charge in [-0.1, -0.05) is 30.3 Å². The molecule has 0 atom stereocenters. The zero-order chi connectivity index (χ0) is 30.1. The smallest absolute Gasteiger partial charge is 0.257 e. The summed E-state index contributed by atoms with van der Waals surface area (Å²) in [5.74, 6) is 0.783. The Morgan fingerprint density at radius 2 is 1.74 bits per heavy atom. The van der Waals surface area contributed by atoms with E-state index in [4.69, 9.17) is 11.1 Å². The highest BCUT2D eigenvalue weighted by atomic mass is 16.2. The quantitative estimate of drug-likeness (QED) is 0.163. The number of likely N-dealkylation sites (tertiary alicyclic amines) is 1. The van der Waals surface area contributed by atoms with Crippen LogP contribution in [0.3, 0.4) is 0 Å². The van der Waals surface area contributed by atoms with Gasteiger partial charge in [0.1, 0.15) is 5.82 Å². The van der Waals surface area contributed by atoms with Gasteiger partial charge in [-0.3, -0.25) is 9.59 Å². The SMILES string of the molecule is Cc1ccc(C(=O)N2CCC(c3ccc(/C(C=N)=C/NCCN)cc3)CC2)cc1NC(=O)c1ccc(NC(C)C)nc1. The van der Waals surface area contributed by atoms with Crippen LogP contribution in [0.1, 0.15) is 70.0 Å². The summed E-state index contributed by atoms with van der Waals surface area (Å²) < 4.78 is 0. The van der Waals surface area contributed by atoms with Gasteiger partial charge in [-0.15, -0.1) is 0 Å². The van der Waals surface area contributed by atoms with Crippen LogP contribution in [-0.4, -0.2) is 60.1 Å². The number of piperidine rings is 1. The van der Waals surface area contributed by atoms with Crippen molar-refractivity contribution in [2.45, 2.75) is 45.6 Å². The standard InChI is InChI=1S/C33H41N7O2/c1-22(2)38-31-11-10-28(21-37-31)32(41)39-30-18-27(5-4-23(30)3)33(42)40-16-12-26(13-17-40)24-6-8-25(9-7-24)29(19-35)20-36-15-14-34/h4-11,18-22,26,35-36H,12-17,34H2,1-3H3,(H,37,38)(H,39,41)/b29-20+,35-19?. The number of anilines is 2. The maximum Gasteiger partial charge on any atom is 0.257 e. The summed E-state index contributed by atoms with van der Waals surface area (Å²) in [6, 6.07) is 17.6. The number of rotatable bonds is 11. The van der Waals surface area contributed by atoms with Crippen LogP contribution in [0.5, 0.6) is 0 Å². The molecule has 0 radical (unpaired) electrons. The third-order valence-electron chi connectivity index (χ3n) is 7.39. The van der Waals surface area contributed by atoms with E-state index >= 15 is 0 Å². The van der Waals surface area contributed by atoms with Crippen molar-refractivity contribution in [2.24, 2.45) is 5.73 Å². The minimum atomic E-state index is -0.270. The van der Waals surface area contributed by atoms with Crippen LogP contribution < -0.4 is 21.7 Å². The lowest BCUT2D eigenvalue weighted by atomic mass is 9.88. The van der Waals surface area contributed by atoms with E-state index in [1.165, 1.54) is 11.8 Å². The second kappa shape index (κ2) is 14.4. The van der Waals surface area contributed by atoms with Crippen molar-refractivity contribution in [3.8, 4) is 0 Å². The molecule has 9 nitrogen and oxygen atoms in total. The molecule has 4 rings (SSSR count). The molecule has 0 spiro atoms. The molecule has 0 bridgehead atoms. The first-order valence-corrected chi connectivity index (χ1v) is 14.5. The van der Waals surface area contributed by atoms with Gasteiger partial charge in [-0.2, -0.15) is 0 Å². The van der Waals surface area contributed by atoms with E-state index in [0.717, 1.165) is 29.5 Å². The van der Waals surface area contributed by atoms with Crippen LogP contribution in [0.2, 0.25) is 0 Å². The van der Waals surface area contributed by atoms with Gasteiger partial charge < -0.3 is 32.0 Å². The Morgan fingerprint density at radius 3 is 2.36 bits per heavy atom. The van der Waals surface area contributed by atoms with Crippen LogP contribution in [0, 0.1) is 12.3 Å². The first-order chi connectivity index (χ1) is 20.3. The molecule has 2 amide bonds. The number of amides is 2. The van der Waals surface area contributed by atoms with Gasteiger partial charge in [0.15, 0.2) is 0 Å². The zero-order valence-corrected chi connectivity index (χ0v) is 24.6. The average molecular weight is 568 g/mol. The molecule has 1 aromatic heterocycles. The third-order valence-corrected chi connectivity index (χ3v) is 7.39. The van der Waals surface area contributed by atoms with Gasteiger partial charge in [0.2, 0.25) is 0 Å². The zero-order valence-electron chi connectivity index (χ0n) is 24.6. The summed E-state index contributed by atoms with van der Waals surface area (Å²) in [6.07, 6.45) is 6.46. The molecular weight excluding hydrogens is 526 g/mol. The van der Waals surface area contributed by atoms with Crippen molar-refractivity contribution in [3.05, 3.63) is 94.8 Å². The van der Waals surface area contributed by atoms with Gasteiger partial charge in [0.25, 0.3) is 11.8 Å².